The maximum absolute atomic E-state index is 14.3. The second kappa shape index (κ2) is 20.2. The quantitative estimate of drug-likeness (QED) is 0.183. The van der Waals surface area contributed by atoms with Crippen LogP contribution in [0.15, 0.2) is 84.9 Å². The molecule has 2 N–H and O–H groups in total. The number of thioether (sulfide) groups is 1. The third-order valence-corrected chi connectivity index (χ3v) is 12.8. The van der Waals surface area contributed by atoms with Crippen LogP contribution in [0.5, 0.6) is 0 Å². The van der Waals surface area contributed by atoms with Crippen LogP contribution < -0.4 is 10.6 Å². The van der Waals surface area contributed by atoms with Gasteiger partial charge in [-0.25, -0.2) is 4.79 Å². The molecule has 3 saturated heterocycles. The zero-order valence-electron chi connectivity index (χ0n) is 32.1. The van der Waals surface area contributed by atoms with Gasteiger partial charge in [0.1, 0.15) is 18.1 Å². The second-order valence-corrected chi connectivity index (χ2v) is 16.9. The van der Waals surface area contributed by atoms with Gasteiger partial charge in [-0.2, -0.15) is 0 Å². The number of esters is 1. The average molecular weight is 801 g/mol. The lowest BCUT2D eigenvalue weighted by atomic mass is 9.86. The maximum atomic E-state index is 14.3. The Hall–Kier alpha value is -4.35. The van der Waals surface area contributed by atoms with Crippen LogP contribution in [0.25, 0.3) is 0 Å². The average Bonchev–Trinajstić information content (AvgIpc) is 3.48. The number of amides is 4. The van der Waals surface area contributed by atoms with Crippen LogP contribution in [-0.4, -0.2) is 82.3 Å². The highest BCUT2D eigenvalue weighted by Crippen LogP contribution is 2.35. The van der Waals surface area contributed by atoms with Crippen molar-refractivity contribution in [2.45, 2.75) is 101 Å². The predicted octanol–water partition coefficient (Wildman–Crippen LogP) is 6.34. The number of nitrogens with one attached hydrogen (secondary N) is 2. The van der Waals surface area contributed by atoms with E-state index in [4.69, 9.17) is 16.3 Å². The molecule has 0 aliphatic carbocycles. The molecule has 0 aromatic heterocycles. The second-order valence-electron chi connectivity index (χ2n) is 15.2. The van der Waals surface area contributed by atoms with E-state index in [1.54, 1.807) is 22.7 Å². The van der Waals surface area contributed by atoms with E-state index in [2.05, 4.69) is 10.6 Å². The van der Waals surface area contributed by atoms with Gasteiger partial charge in [0, 0.05) is 29.9 Å². The van der Waals surface area contributed by atoms with E-state index in [0.29, 0.717) is 68.8 Å². The Morgan fingerprint density at radius 2 is 1.36 bits per heavy atom. The standard InChI is InChI=1S/C44H53ClN4O6S/c1-55-44(54)38-19-11-20-39-49(38)43(53)37(23-25-56-39)47-41(51)34(27-31-14-6-3-7-15-31)22-21-33(26-30-12-4-2-5-13-30)40(50)46-36-18-8-9-24-48(42(36)52)29-32-16-10-17-35(45)28-32/h2-7,10,12-17,28,33-34,36-39H,8-9,11,18-27,29H2,1H3,(H,46,50)(H,47,51). The number of fused-ring (bicyclic) bond motifs is 1. The van der Waals surface area contributed by atoms with Crippen molar-refractivity contribution < 1.29 is 28.7 Å². The van der Waals surface area contributed by atoms with Gasteiger partial charge in [-0.3, -0.25) is 19.2 Å². The molecule has 4 amide bonds. The first-order valence-electron chi connectivity index (χ1n) is 19.9. The molecule has 6 atom stereocenters. The lowest BCUT2D eigenvalue weighted by Crippen LogP contribution is -2.57. The van der Waals surface area contributed by atoms with Crippen molar-refractivity contribution in [1.82, 2.24) is 20.4 Å². The van der Waals surface area contributed by atoms with Crippen molar-refractivity contribution >= 4 is 53.0 Å². The zero-order valence-corrected chi connectivity index (χ0v) is 33.6. The summed E-state index contributed by atoms with van der Waals surface area (Å²) >= 11 is 7.88. The number of carbonyl (C=O) groups excluding carboxylic acids is 5. The molecule has 6 unspecified atom stereocenters. The van der Waals surface area contributed by atoms with Crippen molar-refractivity contribution in [3.8, 4) is 0 Å². The van der Waals surface area contributed by atoms with Gasteiger partial charge in [0.15, 0.2) is 0 Å². The first-order chi connectivity index (χ1) is 27.2. The van der Waals surface area contributed by atoms with Crippen molar-refractivity contribution in [2.75, 3.05) is 19.4 Å². The molecule has 56 heavy (non-hydrogen) atoms. The molecule has 0 bridgehead atoms. The van der Waals surface area contributed by atoms with Crippen LogP contribution in [-0.2, 0) is 48.1 Å². The Bertz CT molecular complexity index is 1820. The van der Waals surface area contributed by atoms with E-state index >= 15 is 0 Å². The summed E-state index contributed by atoms with van der Waals surface area (Å²) < 4.78 is 5.07. The van der Waals surface area contributed by atoms with Crippen LogP contribution in [0.2, 0.25) is 5.02 Å². The van der Waals surface area contributed by atoms with E-state index in [1.165, 1.54) is 7.11 Å². The van der Waals surface area contributed by atoms with Crippen LogP contribution in [0.1, 0.15) is 74.5 Å². The van der Waals surface area contributed by atoms with E-state index in [-0.39, 0.29) is 29.0 Å². The number of ether oxygens (including phenoxy) is 1. The van der Waals surface area contributed by atoms with Gasteiger partial charge >= 0.3 is 5.97 Å². The maximum Gasteiger partial charge on any atom is 0.328 e. The first-order valence-corrected chi connectivity index (χ1v) is 21.4. The van der Waals surface area contributed by atoms with E-state index < -0.39 is 35.9 Å². The summed E-state index contributed by atoms with van der Waals surface area (Å²) in [6.45, 7) is 1.02. The number of piperidine rings is 1. The summed E-state index contributed by atoms with van der Waals surface area (Å²) in [7, 11) is 1.34. The number of hydrogen-bond donors (Lipinski definition) is 2. The van der Waals surface area contributed by atoms with E-state index in [1.807, 2.05) is 83.8 Å². The van der Waals surface area contributed by atoms with Crippen LogP contribution >= 0.6 is 23.4 Å². The zero-order chi connectivity index (χ0) is 39.4. The Balaban J connectivity index is 1.18. The number of benzene rings is 3. The molecule has 3 aromatic carbocycles. The highest BCUT2D eigenvalue weighted by molar-refractivity contribution is 7.99. The lowest BCUT2D eigenvalue weighted by Gasteiger charge is -2.40. The molecule has 298 valence electrons. The summed E-state index contributed by atoms with van der Waals surface area (Å²) in [4.78, 5) is 72.7. The topological polar surface area (TPSA) is 125 Å². The Morgan fingerprint density at radius 1 is 0.750 bits per heavy atom. The fourth-order valence-corrected chi connectivity index (χ4v) is 9.83. The van der Waals surface area contributed by atoms with Crippen molar-refractivity contribution in [1.29, 1.82) is 0 Å². The molecular formula is C44H53ClN4O6S. The number of halogens is 1. The highest BCUT2D eigenvalue weighted by Gasteiger charge is 2.44. The number of likely N-dealkylation sites (tertiary alicyclic amines) is 1. The molecule has 3 aliphatic rings. The third-order valence-electron chi connectivity index (χ3n) is 11.2. The summed E-state index contributed by atoms with van der Waals surface area (Å²) in [5.74, 6) is -1.62. The molecule has 0 saturated carbocycles. The molecular weight excluding hydrogens is 748 g/mol. The highest BCUT2D eigenvalue weighted by atomic mass is 35.5. The molecule has 10 nitrogen and oxygen atoms in total. The summed E-state index contributed by atoms with van der Waals surface area (Å²) in [6, 6.07) is 24.9. The SMILES string of the molecule is COC(=O)C1CCCC2SCCC(NC(=O)C(CCC(Cc3ccccc3)C(=O)NC3CCCCN(Cc4cccc(Cl)c4)C3=O)Cc3ccccc3)C(=O)N21. The molecule has 0 spiro atoms. The number of carbonyl (C=O) groups is 5. The van der Waals surface area contributed by atoms with Gasteiger partial charge in [-0.15, -0.1) is 11.8 Å². The Labute approximate surface area is 339 Å². The smallest absolute Gasteiger partial charge is 0.328 e. The third kappa shape index (κ3) is 10.9. The Morgan fingerprint density at radius 3 is 1.96 bits per heavy atom. The fraction of sp³-hybridized carbons (Fsp3) is 0.477. The van der Waals surface area contributed by atoms with Gasteiger partial charge in [0.25, 0.3) is 0 Å². The summed E-state index contributed by atoms with van der Waals surface area (Å²) in [6.07, 6.45) is 6.46. The van der Waals surface area contributed by atoms with Crippen molar-refractivity contribution in [3.63, 3.8) is 0 Å². The first kappa shape index (κ1) is 41.3. The number of rotatable bonds is 14. The molecule has 6 rings (SSSR count). The van der Waals surface area contributed by atoms with Gasteiger partial charge < -0.3 is 25.2 Å². The minimum Gasteiger partial charge on any atom is -0.467 e. The number of hydrogen-bond acceptors (Lipinski definition) is 7. The number of methoxy groups -OCH3 is 1. The van der Waals surface area contributed by atoms with Gasteiger partial charge in [0.05, 0.1) is 12.5 Å². The fourth-order valence-electron chi connectivity index (χ4n) is 8.23. The lowest BCUT2D eigenvalue weighted by molar-refractivity contribution is -0.156. The molecule has 0 radical (unpaired) electrons. The van der Waals surface area contributed by atoms with Gasteiger partial charge in [-0.05, 0) is 105 Å². The van der Waals surface area contributed by atoms with Crippen molar-refractivity contribution in [3.05, 3.63) is 107 Å². The largest absolute Gasteiger partial charge is 0.467 e. The van der Waals surface area contributed by atoms with Gasteiger partial charge in [0.2, 0.25) is 23.6 Å². The molecule has 3 fully saturated rings. The van der Waals surface area contributed by atoms with Crippen molar-refractivity contribution in [2.24, 2.45) is 11.8 Å². The van der Waals surface area contributed by atoms with Crippen LogP contribution in [0.3, 0.4) is 0 Å². The van der Waals surface area contributed by atoms with E-state index in [9.17, 15) is 24.0 Å². The van der Waals surface area contributed by atoms with Gasteiger partial charge in [-0.1, -0.05) is 84.4 Å². The van der Waals surface area contributed by atoms with E-state index in [0.717, 1.165) is 42.4 Å². The van der Waals surface area contributed by atoms with Crippen LogP contribution in [0.4, 0.5) is 0 Å². The number of nitrogens with zero attached hydrogens (tertiary/aromatic N) is 2. The summed E-state index contributed by atoms with van der Waals surface area (Å²) in [5.41, 5.74) is 2.90. The predicted molar refractivity (Wildman–Crippen MR) is 218 cm³/mol. The molecule has 3 aromatic rings. The minimum atomic E-state index is -0.775. The summed E-state index contributed by atoms with van der Waals surface area (Å²) in [5, 5.41) is 6.71. The molecule has 12 heteroatoms. The van der Waals surface area contributed by atoms with Crippen LogP contribution in [0, 0.1) is 11.8 Å². The minimum absolute atomic E-state index is 0.104. The Kier molecular flexibility index (Phi) is 14.9. The monoisotopic (exact) mass is 800 g/mol. The molecule has 3 aliphatic heterocycles. The normalized spacial score (nSPS) is 22.5. The molecule has 3 heterocycles.